The number of carbonyl (C=O) groups excluding carboxylic acids is 1. The van der Waals surface area contributed by atoms with Crippen molar-refractivity contribution < 1.29 is 14.3 Å². The number of aromatic nitrogens is 8. The smallest absolute Gasteiger partial charge is 0.419 e. The molecule has 0 bridgehead atoms. The molecule has 3 aromatic carbocycles. The van der Waals surface area contributed by atoms with E-state index in [0.717, 1.165) is 79.4 Å². The second kappa shape index (κ2) is 26.0. The van der Waals surface area contributed by atoms with Crippen molar-refractivity contribution in [2.24, 2.45) is 85.8 Å². The summed E-state index contributed by atoms with van der Waals surface area (Å²) in [5.74, 6) is 6.92. The largest absolute Gasteiger partial charge is 0.445 e. The van der Waals surface area contributed by atoms with Gasteiger partial charge in [0.05, 0.1) is 35.6 Å². The highest BCUT2D eigenvalue weighted by Crippen LogP contribution is 2.70. The average Bonchev–Trinajstić information content (AvgIpc) is 1.65. The van der Waals surface area contributed by atoms with Gasteiger partial charge in [0.1, 0.15) is 12.4 Å². The number of ether oxygens (including phenoxy) is 2. The monoisotopic (exact) mass is 1400 g/mol. The summed E-state index contributed by atoms with van der Waals surface area (Å²) in [7, 11) is 0. The molecule has 9 aromatic rings. The van der Waals surface area contributed by atoms with Crippen LogP contribution in [0.1, 0.15) is 188 Å². The van der Waals surface area contributed by atoms with Crippen molar-refractivity contribution in [2.45, 2.75) is 201 Å². The maximum absolute atomic E-state index is 12.5. The van der Waals surface area contributed by atoms with Crippen molar-refractivity contribution in [3.05, 3.63) is 230 Å². The molecule has 0 saturated heterocycles. The molecule has 6 saturated carbocycles. The molecule has 0 aliphatic heterocycles. The molecule has 6 aromatic heterocycles. The van der Waals surface area contributed by atoms with Gasteiger partial charge < -0.3 is 27.7 Å². The number of allylic oxidation sites excluding steroid dienone is 10. The Morgan fingerprint density at radius 1 is 0.400 bits per heavy atom. The van der Waals surface area contributed by atoms with E-state index in [2.05, 4.69) is 239 Å². The number of para-hydroxylation sites is 3. The van der Waals surface area contributed by atoms with E-state index in [1.54, 1.807) is 34.9 Å². The lowest BCUT2D eigenvalue weighted by atomic mass is 9.47. The number of hydrogen-bond donors (Lipinski definition) is 0. The van der Waals surface area contributed by atoms with Crippen molar-refractivity contribution >= 4 is 55.9 Å². The quantitative estimate of drug-likeness (QED) is 0.141. The Hall–Kier alpha value is -8.28. The van der Waals surface area contributed by atoms with Crippen LogP contribution < -0.4 is 0 Å². The minimum Gasteiger partial charge on any atom is -0.445 e. The molecular weight excluding hydrogens is 1290 g/mol. The number of hydrogen-bond acceptors (Lipinski definition) is 6. The van der Waals surface area contributed by atoms with Crippen LogP contribution in [-0.4, -0.2) is 56.1 Å². The van der Waals surface area contributed by atoms with Crippen LogP contribution in [0.3, 0.4) is 0 Å². The van der Waals surface area contributed by atoms with Gasteiger partial charge in [-0.2, -0.15) is 0 Å². The first-order valence-electron chi connectivity index (χ1n) is 40.7. The van der Waals surface area contributed by atoms with Gasteiger partial charge in [0.15, 0.2) is 0 Å². The number of imidazole rings is 2. The van der Waals surface area contributed by atoms with E-state index in [1.165, 1.54) is 163 Å². The van der Waals surface area contributed by atoms with Gasteiger partial charge in [0.2, 0.25) is 0 Å². The zero-order valence-electron chi connectivity index (χ0n) is 62.9. The van der Waals surface area contributed by atoms with Crippen LogP contribution in [0.4, 0.5) is 4.79 Å². The number of benzene rings is 3. The molecule has 0 spiro atoms. The van der Waals surface area contributed by atoms with E-state index in [4.69, 9.17) is 9.47 Å². The predicted octanol–water partition coefficient (Wildman–Crippen LogP) is 22.8. The maximum atomic E-state index is 12.5. The van der Waals surface area contributed by atoms with Crippen LogP contribution in [-0.2, 0) is 16.1 Å². The minimum absolute atomic E-state index is 0.0357. The standard InChI is InChI=1S/C33H38N2O.C31H35N3O2.C30H35N3/c1-32-16-11-26(36-22-23-13-18-34-19-14-23)21-25(32)7-8-27-28-9-10-31(33(28,2)17-12-29(27)32)35-20-15-24-5-3-4-6-30(24)35;1-30-14-11-23(36-29(35)33-18-16-32-20-33)19-22(30)7-8-24-25-9-10-28(31(25,2)15-12-26(24)30)34-17-13-21-5-3-4-6-27(21)34;1-29-14-11-23(32-18-16-31-20-32)19-22(29)7-8-24-25-9-10-28(30(25,2)15-12-26(24)29)33-17-13-21-5-3-4-6-27(21)33/h3-7,10,13-15,18-20,26-29H,8-9,11-12,16-17,21-22H2,1-2H3;3-7,10,13,16-18,20,23-26H,8-9,11-12,14-15,19H2,1-2H3;3-7,10,13,16-18,20,23-26H,8-9,11-12,14-15,19H2,1-2H3/t26?,27?,28?,29?,32-,33-;23?,24?,25?,26?,30-,31-;23?,24?,25?,26?,29-,30-/m000/s1. The fourth-order valence-electron chi connectivity index (χ4n) is 25.8. The van der Waals surface area contributed by atoms with E-state index in [0.29, 0.717) is 40.9 Å². The van der Waals surface area contributed by atoms with Gasteiger partial charge in [-0.3, -0.25) is 4.98 Å². The molecule has 12 aliphatic rings. The van der Waals surface area contributed by atoms with Gasteiger partial charge >= 0.3 is 6.09 Å². The summed E-state index contributed by atoms with van der Waals surface area (Å²) in [5.41, 5.74) is 16.6. The van der Waals surface area contributed by atoms with Crippen LogP contribution in [0.2, 0.25) is 0 Å². The summed E-state index contributed by atoms with van der Waals surface area (Å²) in [6.07, 6.45) is 62.7. The fraction of sp³-hybridized carbons (Fsp3) is 0.489. The third kappa shape index (κ3) is 11.0. The summed E-state index contributed by atoms with van der Waals surface area (Å²) < 4.78 is 23.5. The van der Waals surface area contributed by atoms with Crippen LogP contribution >= 0.6 is 0 Å². The number of pyridine rings is 1. The summed E-state index contributed by atoms with van der Waals surface area (Å²) in [6, 6.07) is 38.0. The van der Waals surface area contributed by atoms with Gasteiger partial charge in [-0.15, -0.1) is 0 Å². The Kier molecular flexibility index (Phi) is 16.7. The highest BCUT2D eigenvalue weighted by molar-refractivity contribution is 5.86. The molecule has 18 atom stereocenters. The zero-order valence-corrected chi connectivity index (χ0v) is 62.9. The van der Waals surface area contributed by atoms with Crippen LogP contribution in [0, 0.1) is 85.8 Å². The Labute approximate surface area is 621 Å². The first kappa shape index (κ1) is 67.3. The normalized spacial score (nSPS) is 36.2. The number of fused-ring (bicyclic) bond motifs is 18. The SMILES string of the molecule is C[C@]12CCC(OC(=O)n3ccnc3)CC1=CCC1C2CC[C@]2(C)C(n3ccc4ccccc43)=CCC12.C[C@]12CCC(OCc3ccncc3)CC1=CCC1C2CC[C@]2(C)C(n3ccc4ccccc43)=CCC12.C[C@]12CCC(n3ccnc3)CC1=CCC1C2CC[C@]2(C)C(n3ccc4ccccc43)=CCC12. The minimum atomic E-state index is -0.314. The van der Waals surface area contributed by atoms with Crippen LogP contribution in [0.25, 0.3) is 49.8 Å². The van der Waals surface area contributed by atoms with E-state index >= 15 is 0 Å². The van der Waals surface area contributed by atoms with Gasteiger partial charge in [0.25, 0.3) is 0 Å². The van der Waals surface area contributed by atoms with Crippen molar-refractivity contribution in [2.75, 3.05) is 0 Å². The molecule has 6 heterocycles. The van der Waals surface area contributed by atoms with Crippen molar-refractivity contribution in [1.29, 1.82) is 0 Å². The number of nitrogens with zero attached hydrogens (tertiary/aromatic N) is 8. The lowest BCUT2D eigenvalue weighted by molar-refractivity contribution is -0.0428. The molecule has 21 rings (SSSR count). The Morgan fingerprint density at radius 2 is 0.819 bits per heavy atom. The van der Waals surface area contributed by atoms with E-state index < -0.39 is 0 Å². The van der Waals surface area contributed by atoms with Crippen molar-refractivity contribution in [1.82, 2.24) is 37.8 Å². The molecule has 11 heteroatoms. The lowest BCUT2D eigenvalue weighted by Gasteiger charge is -2.58. The fourth-order valence-corrected chi connectivity index (χ4v) is 25.8. The molecule has 6 fully saturated rings. The second-order valence-corrected chi connectivity index (χ2v) is 36.0. The molecule has 12 aliphatic carbocycles. The zero-order chi connectivity index (χ0) is 71.0. The Morgan fingerprint density at radius 3 is 1.28 bits per heavy atom. The molecular formula is C94H108N8O3. The summed E-state index contributed by atoms with van der Waals surface area (Å²) in [4.78, 5) is 24.9. The Balaban J connectivity index is 0.000000108. The van der Waals surface area contributed by atoms with Crippen LogP contribution in [0.15, 0.2) is 225 Å². The molecule has 542 valence electrons. The van der Waals surface area contributed by atoms with Crippen molar-refractivity contribution in [3.63, 3.8) is 0 Å². The van der Waals surface area contributed by atoms with Gasteiger partial charge in [0, 0.05) is 102 Å². The highest BCUT2D eigenvalue weighted by Gasteiger charge is 2.61. The van der Waals surface area contributed by atoms with E-state index in [9.17, 15) is 4.79 Å². The van der Waals surface area contributed by atoms with Crippen molar-refractivity contribution in [3.8, 4) is 0 Å². The molecule has 105 heavy (non-hydrogen) atoms. The average molecular weight is 1400 g/mol. The van der Waals surface area contributed by atoms with Gasteiger partial charge in [-0.25, -0.2) is 19.3 Å². The summed E-state index contributed by atoms with van der Waals surface area (Å²) in [5, 5.41) is 4.02. The molecule has 0 N–H and O–H groups in total. The van der Waals surface area contributed by atoms with Gasteiger partial charge in [-0.1, -0.05) is 149 Å². The molecule has 0 amide bonds. The molecule has 12 unspecified atom stereocenters. The molecule has 0 radical (unpaired) electrons. The van der Waals surface area contributed by atoms with E-state index in [-0.39, 0.29) is 28.4 Å². The topological polar surface area (TPSA) is 98.8 Å². The summed E-state index contributed by atoms with van der Waals surface area (Å²) in [6.45, 7) is 16.1. The third-order valence-electron chi connectivity index (χ3n) is 31.6. The second-order valence-electron chi connectivity index (χ2n) is 36.0. The molecule has 11 nitrogen and oxygen atoms in total. The highest BCUT2D eigenvalue weighted by atomic mass is 16.6. The summed E-state index contributed by atoms with van der Waals surface area (Å²) >= 11 is 0. The van der Waals surface area contributed by atoms with Crippen LogP contribution in [0.5, 0.6) is 0 Å². The number of rotatable bonds is 8. The first-order valence-corrected chi connectivity index (χ1v) is 40.7. The third-order valence-corrected chi connectivity index (χ3v) is 31.6. The first-order chi connectivity index (χ1) is 51.1. The predicted molar refractivity (Wildman–Crippen MR) is 422 cm³/mol. The van der Waals surface area contributed by atoms with E-state index in [1.807, 2.05) is 24.9 Å². The number of carbonyl (C=O) groups is 1. The Bertz CT molecular complexity index is 4960. The van der Waals surface area contributed by atoms with Gasteiger partial charge in [-0.05, 0) is 268 Å². The maximum Gasteiger partial charge on any atom is 0.419 e. The lowest BCUT2D eigenvalue weighted by Crippen LogP contribution is -2.50.